The topological polar surface area (TPSA) is 149 Å². The molecule has 0 saturated carbocycles. The largest absolute Gasteiger partial charge is 0.361 e. The van der Waals surface area contributed by atoms with E-state index in [1.165, 1.54) is 0 Å². The Kier molecular flexibility index (Phi) is 11.6. The Bertz CT molecular complexity index is 3100. The van der Waals surface area contributed by atoms with E-state index in [-0.39, 0.29) is 11.6 Å². The van der Waals surface area contributed by atoms with Gasteiger partial charge in [-0.05, 0) is 54.6 Å². The Morgan fingerprint density at radius 1 is 0.730 bits per heavy atom. The van der Waals surface area contributed by atoms with Crippen LogP contribution in [0.15, 0.2) is 110 Å². The molecule has 2 aromatic carbocycles. The highest BCUT2D eigenvalue weighted by atomic mass is 28.3. The van der Waals surface area contributed by atoms with E-state index in [1.54, 1.807) is 18.6 Å². The normalized spacial score (nSPS) is 12.3. The van der Waals surface area contributed by atoms with E-state index in [2.05, 4.69) is 74.6 Å². The van der Waals surface area contributed by atoms with Crippen molar-refractivity contribution in [2.24, 2.45) is 10.8 Å². The molecule has 13 heteroatoms. The minimum Gasteiger partial charge on any atom is -0.361 e. The van der Waals surface area contributed by atoms with Gasteiger partial charge < -0.3 is 23.8 Å². The van der Waals surface area contributed by atoms with Gasteiger partial charge in [0.1, 0.15) is 17.8 Å². The number of fused-ring (bicyclic) bond motifs is 4. The number of aromatic amines is 2. The van der Waals surface area contributed by atoms with Gasteiger partial charge in [0.15, 0.2) is 22.9 Å². The standard InChI is InChI=1S/C25H23N5O.C25H32N4O2Si/c1-25(2,3)23(31)19-13-27-24-22(19)29-20(14-28-24)16-7-8-21-17(12-16)9-11-30(21)15-18-6-4-5-10-26-18;1-25(2,3)23(30)19-15-29(16-31-11-12-32(4,5)6)24-22(19)28-21(14-27-24)17-7-8-20-18(13-17)9-10-26-20/h4-14H,15H2,1-3H3,(H,27,28);7-10,13-15,26H,11-12,16H2,1-6H3. The smallest absolute Gasteiger partial charge is 0.171 e. The van der Waals surface area contributed by atoms with Crippen molar-refractivity contribution in [3.05, 3.63) is 127 Å². The number of carbonyl (C=O) groups excluding carboxylic acids is 2. The molecule has 63 heavy (non-hydrogen) atoms. The van der Waals surface area contributed by atoms with Crippen LogP contribution in [0.1, 0.15) is 68.0 Å². The molecule has 0 fully saturated rings. The molecular formula is C50H55N9O3Si. The summed E-state index contributed by atoms with van der Waals surface area (Å²) in [5.41, 5.74) is 9.39. The van der Waals surface area contributed by atoms with Crippen molar-refractivity contribution in [1.29, 1.82) is 0 Å². The fourth-order valence-corrected chi connectivity index (χ4v) is 8.14. The Morgan fingerprint density at radius 3 is 2.14 bits per heavy atom. The molecule has 0 aliphatic heterocycles. The number of benzene rings is 2. The number of ketones is 2. The zero-order valence-corrected chi connectivity index (χ0v) is 38.6. The lowest BCUT2D eigenvalue weighted by molar-refractivity contribution is 0.0846. The van der Waals surface area contributed by atoms with Crippen LogP contribution < -0.4 is 0 Å². The van der Waals surface area contributed by atoms with Gasteiger partial charge in [-0.15, -0.1) is 0 Å². The van der Waals surface area contributed by atoms with Gasteiger partial charge in [0.05, 0.1) is 47.1 Å². The zero-order valence-electron chi connectivity index (χ0n) is 37.6. The molecule has 0 atom stereocenters. The number of hydrogen-bond donors (Lipinski definition) is 2. The molecule has 7 heterocycles. The summed E-state index contributed by atoms with van der Waals surface area (Å²) in [4.78, 5) is 55.6. The summed E-state index contributed by atoms with van der Waals surface area (Å²) < 4.78 is 10.0. The SMILES string of the molecule is CC(C)(C)C(=O)c1c[nH]c2ncc(-c3ccc4c(ccn4Cc4ccccn4)c3)nc12.CC(C)(C)C(=O)c1cn(COCC[Si](C)(C)C)c2ncc(-c3ccc4[nH]ccc4c3)nc12. The summed E-state index contributed by atoms with van der Waals surface area (Å²) in [6.07, 6.45) is 12.9. The Morgan fingerprint density at radius 2 is 1.43 bits per heavy atom. The predicted octanol–water partition coefficient (Wildman–Crippen LogP) is 11.4. The number of nitrogens with one attached hydrogen (secondary N) is 2. The van der Waals surface area contributed by atoms with Crippen molar-refractivity contribution in [2.75, 3.05) is 6.61 Å². The lowest BCUT2D eigenvalue weighted by Gasteiger charge is -2.16. The van der Waals surface area contributed by atoms with E-state index in [0.717, 1.165) is 62.6 Å². The highest BCUT2D eigenvalue weighted by Gasteiger charge is 2.29. The third kappa shape index (κ3) is 9.44. The first-order chi connectivity index (χ1) is 29.9. The number of rotatable bonds is 11. The highest BCUT2D eigenvalue weighted by Crippen LogP contribution is 2.31. The molecule has 0 saturated heterocycles. The molecule has 0 aliphatic rings. The van der Waals surface area contributed by atoms with Gasteiger partial charge >= 0.3 is 0 Å². The van der Waals surface area contributed by atoms with Crippen LogP contribution in [0.5, 0.6) is 0 Å². The number of ether oxygens (including phenoxy) is 1. The maximum atomic E-state index is 13.2. The molecule has 0 radical (unpaired) electrons. The van der Waals surface area contributed by atoms with Crippen LogP contribution in [0.3, 0.4) is 0 Å². The van der Waals surface area contributed by atoms with Crippen molar-refractivity contribution in [1.82, 2.24) is 44.0 Å². The van der Waals surface area contributed by atoms with Crippen LogP contribution in [0, 0.1) is 10.8 Å². The number of pyridine rings is 1. The average Bonchev–Trinajstić information content (AvgIpc) is 4.06. The molecule has 0 unspecified atom stereocenters. The fourth-order valence-electron chi connectivity index (χ4n) is 7.38. The number of hydrogen-bond acceptors (Lipinski definition) is 8. The molecule has 0 amide bonds. The lowest BCUT2D eigenvalue weighted by atomic mass is 9.87. The molecule has 9 aromatic rings. The second-order valence-corrected chi connectivity index (χ2v) is 25.0. The van der Waals surface area contributed by atoms with E-state index in [1.807, 2.05) is 107 Å². The Balaban J connectivity index is 0.000000173. The monoisotopic (exact) mass is 857 g/mol. The summed E-state index contributed by atoms with van der Waals surface area (Å²) in [6, 6.07) is 23.6. The van der Waals surface area contributed by atoms with Crippen LogP contribution in [0.25, 0.3) is 66.6 Å². The van der Waals surface area contributed by atoms with Crippen LogP contribution in [-0.2, 0) is 18.0 Å². The number of aromatic nitrogens is 9. The Hall–Kier alpha value is -6.57. The minimum atomic E-state index is -1.16. The van der Waals surface area contributed by atoms with Crippen molar-refractivity contribution >= 4 is 63.8 Å². The summed E-state index contributed by atoms with van der Waals surface area (Å²) in [6.45, 7) is 20.3. The molecule has 7 aromatic heterocycles. The van der Waals surface area contributed by atoms with Gasteiger partial charge in [0, 0.05) is 89.4 Å². The summed E-state index contributed by atoms with van der Waals surface area (Å²) >= 11 is 0. The Labute approximate surface area is 368 Å². The zero-order chi connectivity index (χ0) is 44.7. The molecule has 322 valence electrons. The summed E-state index contributed by atoms with van der Waals surface area (Å²) in [5, 5.41) is 2.24. The van der Waals surface area contributed by atoms with E-state index in [4.69, 9.17) is 19.7 Å². The molecule has 12 nitrogen and oxygen atoms in total. The summed E-state index contributed by atoms with van der Waals surface area (Å²) in [5.74, 6) is 0.100. The summed E-state index contributed by atoms with van der Waals surface area (Å²) in [7, 11) is -1.16. The fraction of sp³-hybridized carbons (Fsp3) is 0.300. The van der Waals surface area contributed by atoms with E-state index < -0.39 is 18.9 Å². The number of carbonyl (C=O) groups is 2. The van der Waals surface area contributed by atoms with Gasteiger partial charge in [0.2, 0.25) is 0 Å². The first-order valence-electron chi connectivity index (χ1n) is 21.4. The minimum absolute atomic E-state index is 0.0484. The van der Waals surface area contributed by atoms with Crippen molar-refractivity contribution < 1.29 is 14.3 Å². The van der Waals surface area contributed by atoms with Gasteiger partial charge in [-0.2, -0.15) is 0 Å². The first-order valence-corrected chi connectivity index (χ1v) is 25.1. The molecular weight excluding hydrogens is 803 g/mol. The molecule has 0 spiro atoms. The molecule has 9 rings (SSSR count). The molecule has 2 N–H and O–H groups in total. The van der Waals surface area contributed by atoms with E-state index in [0.29, 0.717) is 46.8 Å². The highest BCUT2D eigenvalue weighted by molar-refractivity contribution is 6.76. The van der Waals surface area contributed by atoms with E-state index >= 15 is 0 Å². The lowest BCUT2D eigenvalue weighted by Crippen LogP contribution is -2.22. The van der Waals surface area contributed by atoms with Crippen molar-refractivity contribution in [2.45, 2.75) is 80.5 Å². The first kappa shape index (κ1) is 43.1. The second kappa shape index (κ2) is 16.9. The van der Waals surface area contributed by atoms with Gasteiger partial charge in [-0.1, -0.05) is 79.4 Å². The predicted molar refractivity (Wildman–Crippen MR) is 255 cm³/mol. The quantitative estimate of drug-likeness (QED) is 0.0742. The molecule has 0 bridgehead atoms. The second-order valence-electron chi connectivity index (χ2n) is 19.4. The van der Waals surface area contributed by atoms with Crippen molar-refractivity contribution in [3.63, 3.8) is 0 Å². The van der Waals surface area contributed by atoms with Crippen LogP contribution in [0.4, 0.5) is 0 Å². The number of Topliss-reactive ketones (excluding diaryl/α,β-unsaturated/α-hetero) is 2. The third-order valence-corrected chi connectivity index (χ3v) is 12.7. The van der Waals surface area contributed by atoms with Gasteiger partial charge in [-0.3, -0.25) is 14.6 Å². The van der Waals surface area contributed by atoms with Crippen molar-refractivity contribution in [3.8, 4) is 22.5 Å². The van der Waals surface area contributed by atoms with Gasteiger partial charge in [0.25, 0.3) is 0 Å². The van der Waals surface area contributed by atoms with E-state index in [9.17, 15) is 9.59 Å². The van der Waals surface area contributed by atoms with Crippen LogP contribution >= 0.6 is 0 Å². The van der Waals surface area contributed by atoms with Crippen LogP contribution in [-0.4, -0.2) is 70.3 Å². The number of H-pyrrole nitrogens is 2. The average molecular weight is 858 g/mol. The molecule has 0 aliphatic carbocycles. The van der Waals surface area contributed by atoms with Crippen LogP contribution in [0.2, 0.25) is 25.7 Å². The third-order valence-electron chi connectivity index (χ3n) is 11.0. The number of nitrogens with zero attached hydrogens (tertiary/aromatic N) is 7. The maximum Gasteiger partial charge on any atom is 0.171 e. The van der Waals surface area contributed by atoms with Gasteiger partial charge in [-0.25, -0.2) is 19.9 Å². The maximum absolute atomic E-state index is 13.2.